The Hall–Kier alpha value is -6.65. The normalized spacial score (nSPS) is 11.7. The summed E-state index contributed by atoms with van der Waals surface area (Å²) in [6, 6.07) is 55.0. The highest BCUT2D eigenvalue weighted by Gasteiger charge is 2.18. The van der Waals surface area contributed by atoms with Crippen LogP contribution in [0.5, 0.6) is 0 Å². The molecule has 0 radical (unpaired) electrons. The van der Waals surface area contributed by atoms with Crippen molar-refractivity contribution in [1.29, 1.82) is 0 Å². The zero-order valence-electron chi connectivity index (χ0n) is 27.3. The van der Waals surface area contributed by atoms with E-state index in [1.54, 1.807) is 0 Å². The van der Waals surface area contributed by atoms with Gasteiger partial charge in [-0.05, 0) is 69.2 Å². The number of aromatic nitrogens is 3. The van der Waals surface area contributed by atoms with Crippen LogP contribution in [0.4, 0.5) is 0 Å². The Balaban J connectivity index is 1.24. The number of nitrogens with zero attached hydrogens (tertiary/aromatic N) is 3. The number of furan rings is 1. The summed E-state index contributed by atoms with van der Waals surface area (Å²) >= 11 is 0. The quantitative estimate of drug-likeness (QED) is 0.180. The average molecular weight is 640 g/mol. The van der Waals surface area contributed by atoms with Gasteiger partial charge in [-0.1, -0.05) is 139 Å². The standard InChI is InChI=1S/C46H29N3O/c1-28-19-21-34-36-23-24-38-35-17-8-9-18-41(35)50-43(38)42(36)37-22-20-33(27-40(37)39(34)25-28)46-48-44(30-13-6-3-7-14-30)47-45(49-46)32-16-10-15-31(26-32)29-11-4-2-5-12-29/h2-27H,1H3. The molecule has 10 aromatic rings. The molecule has 234 valence electrons. The van der Waals surface area contributed by atoms with E-state index < -0.39 is 0 Å². The molecule has 0 saturated carbocycles. The van der Waals surface area contributed by atoms with Crippen molar-refractivity contribution >= 4 is 54.3 Å². The third-order valence-corrected chi connectivity index (χ3v) is 9.74. The SMILES string of the molecule is Cc1ccc2c(c1)c1cc(-c3nc(-c4ccccc4)nc(-c4cccc(-c5ccccc5)c4)n3)ccc1c1c2ccc2c3ccccc3oc21. The molecule has 10 rings (SSSR count). The van der Waals surface area contributed by atoms with Gasteiger partial charge < -0.3 is 4.42 Å². The highest BCUT2D eigenvalue weighted by molar-refractivity contribution is 6.32. The summed E-state index contributed by atoms with van der Waals surface area (Å²) in [4.78, 5) is 15.2. The molecule has 2 heterocycles. The maximum Gasteiger partial charge on any atom is 0.164 e. The van der Waals surface area contributed by atoms with Crippen LogP contribution in [0.25, 0.3) is 99.5 Å². The minimum absolute atomic E-state index is 0.628. The lowest BCUT2D eigenvalue weighted by Gasteiger charge is -2.14. The molecule has 0 amide bonds. The predicted molar refractivity (Wildman–Crippen MR) is 206 cm³/mol. The molecule has 50 heavy (non-hydrogen) atoms. The molecule has 0 N–H and O–H groups in total. The summed E-state index contributed by atoms with van der Waals surface area (Å²) in [5.74, 6) is 1.90. The van der Waals surface area contributed by atoms with Crippen LogP contribution in [-0.2, 0) is 0 Å². The van der Waals surface area contributed by atoms with E-state index in [0.29, 0.717) is 17.5 Å². The molecular formula is C46H29N3O. The monoisotopic (exact) mass is 639 g/mol. The van der Waals surface area contributed by atoms with Gasteiger partial charge >= 0.3 is 0 Å². The van der Waals surface area contributed by atoms with Crippen LogP contribution >= 0.6 is 0 Å². The molecule has 0 aliphatic rings. The number of benzene rings is 8. The Kier molecular flexibility index (Phi) is 6.36. The predicted octanol–water partition coefficient (Wildman–Crippen LogP) is 12.2. The van der Waals surface area contributed by atoms with Crippen LogP contribution in [0.2, 0.25) is 0 Å². The van der Waals surface area contributed by atoms with E-state index >= 15 is 0 Å². The maximum absolute atomic E-state index is 6.60. The van der Waals surface area contributed by atoms with Crippen molar-refractivity contribution in [1.82, 2.24) is 15.0 Å². The Bertz CT molecular complexity index is 2930. The Morgan fingerprint density at radius 1 is 0.360 bits per heavy atom. The summed E-state index contributed by atoms with van der Waals surface area (Å²) in [5, 5.41) is 9.21. The first-order valence-corrected chi connectivity index (χ1v) is 16.9. The van der Waals surface area contributed by atoms with Crippen molar-refractivity contribution in [2.75, 3.05) is 0 Å². The second kappa shape index (κ2) is 11.2. The largest absolute Gasteiger partial charge is 0.455 e. The molecule has 4 heteroatoms. The van der Waals surface area contributed by atoms with Gasteiger partial charge in [-0.15, -0.1) is 0 Å². The van der Waals surface area contributed by atoms with Crippen LogP contribution in [-0.4, -0.2) is 15.0 Å². The van der Waals surface area contributed by atoms with Gasteiger partial charge in [0, 0.05) is 32.8 Å². The summed E-state index contributed by atoms with van der Waals surface area (Å²) in [6.45, 7) is 2.15. The summed E-state index contributed by atoms with van der Waals surface area (Å²) in [7, 11) is 0. The zero-order chi connectivity index (χ0) is 33.2. The molecule has 0 bridgehead atoms. The Morgan fingerprint density at radius 3 is 1.72 bits per heavy atom. The van der Waals surface area contributed by atoms with Crippen LogP contribution < -0.4 is 0 Å². The summed E-state index contributed by atoms with van der Waals surface area (Å²) < 4.78 is 6.60. The Labute approximate surface area is 288 Å². The fraction of sp³-hybridized carbons (Fsp3) is 0.0217. The van der Waals surface area contributed by atoms with Crippen molar-refractivity contribution in [2.45, 2.75) is 6.92 Å². The number of rotatable bonds is 4. The van der Waals surface area contributed by atoms with E-state index in [2.05, 4.69) is 116 Å². The van der Waals surface area contributed by atoms with Gasteiger partial charge in [-0.2, -0.15) is 0 Å². The van der Waals surface area contributed by atoms with Crippen molar-refractivity contribution in [3.05, 3.63) is 163 Å². The van der Waals surface area contributed by atoms with Gasteiger partial charge in [0.05, 0.1) is 0 Å². The zero-order valence-corrected chi connectivity index (χ0v) is 27.3. The van der Waals surface area contributed by atoms with Gasteiger partial charge in [-0.25, -0.2) is 15.0 Å². The van der Waals surface area contributed by atoms with Crippen molar-refractivity contribution < 1.29 is 4.42 Å². The molecule has 0 aliphatic carbocycles. The minimum Gasteiger partial charge on any atom is -0.455 e. The first kappa shape index (κ1) is 28.4. The molecule has 2 aromatic heterocycles. The second-order valence-electron chi connectivity index (χ2n) is 12.9. The summed E-state index contributed by atoms with van der Waals surface area (Å²) in [6.07, 6.45) is 0. The minimum atomic E-state index is 0.628. The lowest BCUT2D eigenvalue weighted by atomic mass is 9.91. The van der Waals surface area contributed by atoms with Crippen molar-refractivity contribution in [2.24, 2.45) is 0 Å². The van der Waals surface area contributed by atoms with Gasteiger partial charge in [0.25, 0.3) is 0 Å². The lowest BCUT2D eigenvalue weighted by Crippen LogP contribution is -2.00. The van der Waals surface area contributed by atoms with E-state index in [0.717, 1.165) is 65.9 Å². The van der Waals surface area contributed by atoms with Crippen LogP contribution in [0.15, 0.2) is 162 Å². The van der Waals surface area contributed by atoms with Gasteiger partial charge in [0.1, 0.15) is 11.2 Å². The third-order valence-electron chi connectivity index (χ3n) is 9.74. The first-order chi connectivity index (χ1) is 24.7. The first-order valence-electron chi connectivity index (χ1n) is 16.9. The van der Waals surface area contributed by atoms with Gasteiger partial charge in [0.2, 0.25) is 0 Å². The van der Waals surface area contributed by atoms with Crippen molar-refractivity contribution in [3.63, 3.8) is 0 Å². The molecule has 0 spiro atoms. The van der Waals surface area contributed by atoms with E-state index in [-0.39, 0.29) is 0 Å². The Morgan fingerprint density at radius 2 is 0.920 bits per heavy atom. The molecule has 4 nitrogen and oxygen atoms in total. The van der Waals surface area contributed by atoms with E-state index in [1.165, 1.54) is 21.7 Å². The fourth-order valence-corrected chi connectivity index (χ4v) is 7.34. The molecule has 0 unspecified atom stereocenters. The van der Waals surface area contributed by atoms with Crippen molar-refractivity contribution in [3.8, 4) is 45.3 Å². The number of aryl methyl sites for hydroxylation is 1. The molecule has 0 aliphatic heterocycles. The summed E-state index contributed by atoms with van der Waals surface area (Å²) in [5.41, 5.74) is 8.08. The molecule has 8 aromatic carbocycles. The smallest absolute Gasteiger partial charge is 0.164 e. The van der Waals surface area contributed by atoms with Crippen LogP contribution in [0.3, 0.4) is 0 Å². The third kappa shape index (κ3) is 4.57. The van der Waals surface area contributed by atoms with Gasteiger partial charge in [-0.3, -0.25) is 0 Å². The molecule has 0 atom stereocenters. The topological polar surface area (TPSA) is 51.8 Å². The number of fused-ring (bicyclic) bond motifs is 10. The van der Waals surface area contributed by atoms with E-state index in [9.17, 15) is 0 Å². The average Bonchev–Trinajstić information content (AvgIpc) is 3.57. The van der Waals surface area contributed by atoms with E-state index in [4.69, 9.17) is 19.4 Å². The number of hydrogen-bond acceptors (Lipinski definition) is 4. The number of hydrogen-bond donors (Lipinski definition) is 0. The number of para-hydroxylation sites is 1. The van der Waals surface area contributed by atoms with E-state index in [1.807, 2.05) is 48.5 Å². The maximum atomic E-state index is 6.60. The molecule has 0 fully saturated rings. The van der Waals surface area contributed by atoms with Crippen LogP contribution in [0.1, 0.15) is 5.56 Å². The highest BCUT2D eigenvalue weighted by atomic mass is 16.3. The van der Waals surface area contributed by atoms with Crippen LogP contribution in [0, 0.1) is 6.92 Å². The second-order valence-corrected chi connectivity index (χ2v) is 12.9. The molecule has 0 saturated heterocycles. The lowest BCUT2D eigenvalue weighted by molar-refractivity contribution is 0.673. The fourth-order valence-electron chi connectivity index (χ4n) is 7.34. The molecular weight excluding hydrogens is 611 g/mol. The van der Waals surface area contributed by atoms with Gasteiger partial charge in [0.15, 0.2) is 17.5 Å². The highest BCUT2D eigenvalue weighted by Crippen LogP contribution is 2.43.